The summed E-state index contributed by atoms with van der Waals surface area (Å²) in [6.45, 7) is 3.61. The Morgan fingerprint density at radius 1 is 1.69 bits per heavy atom. The van der Waals surface area contributed by atoms with Crippen LogP contribution < -0.4 is 11.1 Å². The molecule has 1 aromatic heterocycles. The van der Waals surface area contributed by atoms with Crippen LogP contribution in [0.5, 0.6) is 0 Å². The van der Waals surface area contributed by atoms with Gasteiger partial charge in [0.25, 0.3) is 5.91 Å². The molecule has 1 rings (SSSR count). The van der Waals surface area contributed by atoms with Crippen molar-refractivity contribution in [2.24, 2.45) is 5.73 Å². The van der Waals surface area contributed by atoms with Gasteiger partial charge in [0, 0.05) is 11.8 Å². The summed E-state index contributed by atoms with van der Waals surface area (Å²) in [6, 6.07) is 0.285. The van der Waals surface area contributed by atoms with E-state index in [-0.39, 0.29) is 6.61 Å². The Bertz CT molecular complexity index is 388. The number of aromatic nitrogens is 2. The van der Waals surface area contributed by atoms with Crippen LogP contribution in [0.2, 0.25) is 0 Å². The second-order valence-electron chi connectivity index (χ2n) is 3.16. The lowest BCUT2D eigenvalue weighted by Crippen LogP contribution is -2.43. The third kappa shape index (κ3) is 3.06. The molecular weight excluding hydrogens is 212 g/mol. The highest BCUT2D eigenvalue weighted by Gasteiger charge is 2.23. The minimum absolute atomic E-state index is 0.182. The smallest absolute Gasteiger partial charge is 0.332 e. The maximum atomic E-state index is 11.4. The summed E-state index contributed by atoms with van der Waals surface area (Å²) >= 11 is 0. The number of ether oxygens (including phenoxy) is 1. The fourth-order valence-electron chi connectivity index (χ4n) is 1.03. The highest BCUT2D eigenvalue weighted by Crippen LogP contribution is 2.04. The Morgan fingerprint density at radius 3 is 2.88 bits per heavy atom. The Morgan fingerprint density at radius 2 is 2.38 bits per heavy atom. The van der Waals surface area contributed by atoms with Crippen molar-refractivity contribution < 1.29 is 14.3 Å². The molecule has 1 amide bonds. The average molecular weight is 226 g/mol. The molecule has 88 valence electrons. The number of nitrogens with one attached hydrogen (secondary N) is 2. The Kier molecular flexibility index (Phi) is 4.01. The number of hydrogen-bond donors (Lipinski definition) is 3. The van der Waals surface area contributed by atoms with E-state index in [4.69, 9.17) is 5.73 Å². The minimum atomic E-state index is -1.34. The molecular formula is C9H14N4O3. The number of anilines is 1. The zero-order valence-corrected chi connectivity index (χ0v) is 9.11. The molecule has 16 heavy (non-hydrogen) atoms. The summed E-state index contributed by atoms with van der Waals surface area (Å²) < 4.78 is 4.61. The lowest BCUT2D eigenvalue weighted by Gasteiger charge is -2.09. The summed E-state index contributed by atoms with van der Waals surface area (Å²) in [5, 5.41) is 8.82. The van der Waals surface area contributed by atoms with Gasteiger partial charge in [0.05, 0.1) is 6.61 Å². The molecule has 1 atom stereocenters. The van der Waals surface area contributed by atoms with Gasteiger partial charge in [0.15, 0.2) is 11.9 Å². The van der Waals surface area contributed by atoms with E-state index in [2.05, 4.69) is 20.3 Å². The zero-order chi connectivity index (χ0) is 12.1. The van der Waals surface area contributed by atoms with E-state index in [9.17, 15) is 9.59 Å². The molecule has 0 radical (unpaired) electrons. The van der Waals surface area contributed by atoms with Crippen LogP contribution in [-0.4, -0.2) is 34.7 Å². The topological polar surface area (TPSA) is 110 Å². The maximum Gasteiger partial charge on any atom is 0.332 e. The molecule has 0 bridgehead atoms. The van der Waals surface area contributed by atoms with Gasteiger partial charge in [-0.05, 0) is 13.8 Å². The quantitative estimate of drug-likeness (QED) is 0.475. The van der Waals surface area contributed by atoms with E-state index in [1.54, 1.807) is 19.9 Å². The first-order valence-corrected chi connectivity index (χ1v) is 4.79. The number of amides is 1. The number of nitrogens with two attached hydrogens (primary N) is 1. The number of aromatic amines is 1. The summed E-state index contributed by atoms with van der Waals surface area (Å²) in [5.41, 5.74) is 6.17. The maximum absolute atomic E-state index is 11.4. The van der Waals surface area contributed by atoms with Crippen LogP contribution >= 0.6 is 0 Å². The molecule has 0 fully saturated rings. The number of aryl methyl sites for hydroxylation is 1. The standard InChI is InChI=1S/C9H14N4O3/c1-3-16-9(15)7(10)8(14)11-6-4-5(2)12-13-6/h4,7H,3,10H2,1-2H3,(H2,11,12,13,14). The van der Waals surface area contributed by atoms with Crippen LogP contribution in [0.3, 0.4) is 0 Å². The lowest BCUT2D eigenvalue weighted by atomic mass is 10.3. The number of nitrogens with zero attached hydrogens (tertiary/aromatic N) is 1. The van der Waals surface area contributed by atoms with Gasteiger partial charge < -0.3 is 15.8 Å². The van der Waals surface area contributed by atoms with E-state index in [0.29, 0.717) is 5.82 Å². The zero-order valence-electron chi connectivity index (χ0n) is 9.11. The minimum Gasteiger partial charge on any atom is -0.464 e. The predicted molar refractivity (Wildman–Crippen MR) is 56.6 cm³/mol. The van der Waals surface area contributed by atoms with Crippen LogP contribution in [0.25, 0.3) is 0 Å². The largest absolute Gasteiger partial charge is 0.464 e. The van der Waals surface area contributed by atoms with E-state index >= 15 is 0 Å². The normalized spacial score (nSPS) is 11.9. The molecule has 0 aliphatic carbocycles. The third-order valence-electron chi connectivity index (χ3n) is 1.78. The van der Waals surface area contributed by atoms with E-state index in [1.165, 1.54) is 0 Å². The van der Waals surface area contributed by atoms with Gasteiger partial charge >= 0.3 is 5.97 Å². The van der Waals surface area contributed by atoms with Crippen LogP contribution in [0.4, 0.5) is 5.82 Å². The number of carbonyl (C=O) groups is 2. The van der Waals surface area contributed by atoms with Crippen LogP contribution in [0, 0.1) is 6.92 Å². The van der Waals surface area contributed by atoms with Crippen molar-refractivity contribution >= 4 is 17.7 Å². The van der Waals surface area contributed by atoms with E-state index < -0.39 is 17.9 Å². The molecule has 1 aromatic rings. The van der Waals surface area contributed by atoms with Crippen LogP contribution in [-0.2, 0) is 14.3 Å². The molecule has 4 N–H and O–H groups in total. The number of esters is 1. The predicted octanol–water partition coefficient (Wildman–Crippen LogP) is -0.453. The molecule has 0 aliphatic heterocycles. The number of H-pyrrole nitrogens is 1. The highest BCUT2D eigenvalue weighted by atomic mass is 16.5. The molecule has 0 saturated carbocycles. The first kappa shape index (κ1) is 12.2. The Balaban J connectivity index is 2.55. The van der Waals surface area contributed by atoms with Gasteiger partial charge in [-0.2, -0.15) is 5.10 Å². The molecule has 1 unspecified atom stereocenters. The van der Waals surface area contributed by atoms with Crippen LogP contribution in [0.1, 0.15) is 12.6 Å². The Labute approximate surface area is 92.3 Å². The van der Waals surface area contributed by atoms with Gasteiger partial charge in [0.1, 0.15) is 0 Å². The molecule has 1 heterocycles. The summed E-state index contributed by atoms with van der Waals surface area (Å²) in [7, 11) is 0. The molecule has 0 saturated heterocycles. The second-order valence-corrected chi connectivity index (χ2v) is 3.16. The molecule has 0 aliphatic rings. The van der Waals surface area contributed by atoms with Gasteiger partial charge in [-0.15, -0.1) is 0 Å². The SMILES string of the molecule is CCOC(=O)C(N)C(=O)Nc1cc(C)[nH]n1. The summed E-state index contributed by atoms with van der Waals surface area (Å²) in [5.74, 6) is -1.08. The molecule has 7 nitrogen and oxygen atoms in total. The van der Waals surface area contributed by atoms with E-state index in [1.807, 2.05) is 0 Å². The summed E-state index contributed by atoms with van der Waals surface area (Å²) in [6.07, 6.45) is 0. The van der Waals surface area contributed by atoms with E-state index in [0.717, 1.165) is 5.69 Å². The van der Waals surface area contributed by atoms with Crippen molar-refractivity contribution in [2.45, 2.75) is 19.9 Å². The Hall–Kier alpha value is -1.89. The van der Waals surface area contributed by atoms with Crippen LogP contribution in [0.15, 0.2) is 6.07 Å². The van der Waals surface area contributed by atoms with Gasteiger partial charge in [-0.25, -0.2) is 4.79 Å². The number of rotatable bonds is 4. The monoisotopic (exact) mass is 226 g/mol. The van der Waals surface area contributed by atoms with Crippen molar-refractivity contribution in [3.8, 4) is 0 Å². The van der Waals surface area contributed by atoms with Crippen molar-refractivity contribution in [1.29, 1.82) is 0 Å². The first-order valence-electron chi connectivity index (χ1n) is 4.79. The van der Waals surface area contributed by atoms with Crippen molar-refractivity contribution in [3.63, 3.8) is 0 Å². The van der Waals surface area contributed by atoms with Gasteiger partial charge in [-0.1, -0.05) is 0 Å². The number of hydrogen-bond acceptors (Lipinski definition) is 5. The van der Waals surface area contributed by atoms with Crippen molar-refractivity contribution in [3.05, 3.63) is 11.8 Å². The number of carbonyl (C=O) groups excluding carboxylic acids is 2. The second kappa shape index (κ2) is 5.26. The van der Waals surface area contributed by atoms with Gasteiger partial charge in [-0.3, -0.25) is 9.89 Å². The lowest BCUT2D eigenvalue weighted by molar-refractivity contribution is -0.146. The molecule has 0 spiro atoms. The fraction of sp³-hybridized carbons (Fsp3) is 0.444. The van der Waals surface area contributed by atoms with Crippen molar-refractivity contribution in [2.75, 3.05) is 11.9 Å². The summed E-state index contributed by atoms with van der Waals surface area (Å²) in [4.78, 5) is 22.6. The average Bonchev–Trinajstić information content (AvgIpc) is 2.63. The third-order valence-corrected chi connectivity index (χ3v) is 1.78. The van der Waals surface area contributed by atoms with Gasteiger partial charge in [0.2, 0.25) is 0 Å². The highest BCUT2D eigenvalue weighted by molar-refractivity contribution is 6.07. The van der Waals surface area contributed by atoms with Crippen molar-refractivity contribution in [1.82, 2.24) is 10.2 Å². The molecule has 7 heteroatoms. The first-order chi connectivity index (χ1) is 7.54. The molecule has 0 aromatic carbocycles. The fourth-order valence-corrected chi connectivity index (χ4v) is 1.03.